The van der Waals surface area contributed by atoms with Crippen molar-refractivity contribution >= 4 is 12.4 Å². The summed E-state index contributed by atoms with van der Waals surface area (Å²) in [6, 6.07) is 11.3. The van der Waals surface area contributed by atoms with Crippen LogP contribution in [0.4, 0.5) is 26.3 Å². The Morgan fingerprint density at radius 2 is 1.59 bits per heavy atom. The van der Waals surface area contributed by atoms with Gasteiger partial charge in [-0.15, -0.1) is 12.4 Å². The van der Waals surface area contributed by atoms with Gasteiger partial charge in [-0.25, -0.2) is 0 Å². The predicted molar refractivity (Wildman–Crippen MR) is 113 cm³/mol. The molecule has 32 heavy (non-hydrogen) atoms. The molecule has 0 spiro atoms. The average molecular weight is 480 g/mol. The Hall–Kier alpha value is -2.19. The fourth-order valence-corrected chi connectivity index (χ4v) is 4.16. The maximum absolute atomic E-state index is 13.5. The molecule has 2 nitrogen and oxygen atoms in total. The molecule has 1 aliphatic heterocycles. The van der Waals surface area contributed by atoms with Gasteiger partial charge in [0.15, 0.2) is 0 Å². The standard InChI is InChI=1S/C23H23F6NO.ClH/c1-31-20(21(11-13-30-14-12-21)17-5-3-2-4-6-17)10-8-16-7-9-18(22(24,25)26)15-19(16)23(27,28)29;/h2-7,9-10,15,30H,8,11-14H2,1H3;1H/b20-10-;. The van der Waals surface area contributed by atoms with Crippen LogP contribution in [-0.4, -0.2) is 20.2 Å². The SMILES string of the molecule is CO/C(=C\Cc1ccc(C(F)(F)F)cc1C(F)(F)F)C1(c2ccccc2)CCNCC1.Cl. The number of piperidine rings is 1. The number of halogens is 7. The highest BCUT2D eigenvalue weighted by atomic mass is 35.5. The number of hydrogen-bond donors (Lipinski definition) is 1. The largest absolute Gasteiger partial charge is 0.500 e. The van der Waals surface area contributed by atoms with Crippen molar-refractivity contribution in [2.24, 2.45) is 0 Å². The zero-order valence-corrected chi connectivity index (χ0v) is 18.1. The molecule has 2 aromatic rings. The second-order valence-electron chi connectivity index (χ2n) is 7.54. The minimum absolute atomic E-state index is 0. The summed E-state index contributed by atoms with van der Waals surface area (Å²) < 4.78 is 84.9. The predicted octanol–water partition coefficient (Wildman–Crippen LogP) is 6.54. The molecular weight excluding hydrogens is 456 g/mol. The third-order valence-corrected chi connectivity index (χ3v) is 5.73. The van der Waals surface area contributed by atoms with Crippen molar-refractivity contribution in [3.05, 3.63) is 82.6 Å². The number of allylic oxidation sites excluding steroid dienone is 2. The third kappa shape index (κ3) is 5.59. The van der Waals surface area contributed by atoms with E-state index in [0.717, 1.165) is 11.6 Å². The van der Waals surface area contributed by atoms with E-state index in [9.17, 15) is 26.3 Å². The van der Waals surface area contributed by atoms with E-state index in [-0.39, 0.29) is 30.5 Å². The summed E-state index contributed by atoms with van der Waals surface area (Å²) in [5.74, 6) is 0.522. The van der Waals surface area contributed by atoms with Crippen molar-refractivity contribution in [3.8, 4) is 0 Å². The maximum atomic E-state index is 13.5. The minimum atomic E-state index is -4.90. The molecule has 176 valence electrons. The van der Waals surface area contributed by atoms with Crippen molar-refractivity contribution in [1.82, 2.24) is 5.32 Å². The Labute approximate surface area is 189 Å². The highest BCUT2D eigenvalue weighted by molar-refractivity contribution is 5.85. The van der Waals surface area contributed by atoms with Crippen LogP contribution in [0.1, 0.15) is 35.1 Å². The molecule has 0 aromatic heterocycles. The molecule has 1 saturated heterocycles. The van der Waals surface area contributed by atoms with Crippen LogP contribution in [0.25, 0.3) is 0 Å². The molecule has 0 bridgehead atoms. The molecule has 0 saturated carbocycles. The van der Waals surface area contributed by atoms with E-state index in [1.807, 2.05) is 30.3 Å². The van der Waals surface area contributed by atoms with E-state index in [4.69, 9.17) is 4.74 Å². The number of hydrogen-bond acceptors (Lipinski definition) is 2. The second-order valence-corrected chi connectivity index (χ2v) is 7.54. The molecule has 1 N–H and O–H groups in total. The van der Waals surface area contributed by atoms with Crippen molar-refractivity contribution < 1.29 is 31.1 Å². The summed E-state index contributed by atoms with van der Waals surface area (Å²) in [6.07, 6.45) is -7.00. The van der Waals surface area contributed by atoms with Crippen LogP contribution in [0.2, 0.25) is 0 Å². The van der Waals surface area contributed by atoms with Crippen LogP contribution < -0.4 is 5.32 Å². The van der Waals surface area contributed by atoms with Crippen LogP contribution >= 0.6 is 12.4 Å². The van der Waals surface area contributed by atoms with E-state index in [0.29, 0.717) is 37.8 Å². The first-order chi connectivity index (χ1) is 14.6. The van der Waals surface area contributed by atoms with Gasteiger partial charge in [0.2, 0.25) is 0 Å². The lowest BCUT2D eigenvalue weighted by atomic mass is 9.71. The fourth-order valence-electron chi connectivity index (χ4n) is 4.16. The van der Waals surface area contributed by atoms with Gasteiger partial charge in [0.1, 0.15) is 5.76 Å². The van der Waals surface area contributed by atoms with Gasteiger partial charge in [0.25, 0.3) is 0 Å². The lowest BCUT2D eigenvalue weighted by Gasteiger charge is -2.39. The van der Waals surface area contributed by atoms with Gasteiger partial charge in [-0.3, -0.25) is 0 Å². The smallest absolute Gasteiger partial charge is 0.416 e. The Balaban J connectivity index is 0.00000363. The van der Waals surface area contributed by atoms with E-state index < -0.39 is 28.9 Å². The second kappa shape index (κ2) is 10.2. The van der Waals surface area contributed by atoms with Gasteiger partial charge in [-0.2, -0.15) is 26.3 Å². The van der Waals surface area contributed by atoms with E-state index >= 15 is 0 Å². The Kier molecular flexibility index (Phi) is 8.28. The lowest BCUT2D eigenvalue weighted by Crippen LogP contribution is -2.41. The molecule has 0 atom stereocenters. The molecule has 2 aromatic carbocycles. The topological polar surface area (TPSA) is 21.3 Å². The van der Waals surface area contributed by atoms with Gasteiger partial charge >= 0.3 is 12.4 Å². The summed E-state index contributed by atoms with van der Waals surface area (Å²) >= 11 is 0. The van der Waals surface area contributed by atoms with Gasteiger partial charge in [0.05, 0.1) is 23.7 Å². The van der Waals surface area contributed by atoms with Crippen molar-refractivity contribution in [1.29, 1.82) is 0 Å². The Morgan fingerprint density at radius 1 is 0.969 bits per heavy atom. The van der Waals surface area contributed by atoms with E-state index in [1.54, 1.807) is 6.08 Å². The monoisotopic (exact) mass is 479 g/mol. The molecule has 0 aliphatic carbocycles. The first-order valence-corrected chi connectivity index (χ1v) is 9.86. The summed E-state index contributed by atoms with van der Waals surface area (Å²) in [4.78, 5) is 0. The normalized spacial score (nSPS) is 16.9. The number of rotatable bonds is 5. The zero-order valence-electron chi connectivity index (χ0n) is 17.3. The van der Waals surface area contributed by atoms with Crippen LogP contribution in [0, 0.1) is 0 Å². The minimum Gasteiger partial charge on any atom is -0.500 e. The average Bonchev–Trinajstić information content (AvgIpc) is 2.74. The third-order valence-electron chi connectivity index (χ3n) is 5.73. The Morgan fingerprint density at radius 3 is 2.12 bits per heavy atom. The van der Waals surface area contributed by atoms with Crippen LogP contribution in [0.5, 0.6) is 0 Å². The highest BCUT2D eigenvalue weighted by Crippen LogP contribution is 2.42. The highest BCUT2D eigenvalue weighted by Gasteiger charge is 2.40. The summed E-state index contributed by atoms with van der Waals surface area (Å²) in [5.41, 5.74) is -2.35. The molecule has 0 amide bonds. The van der Waals surface area contributed by atoms with Crippen LogP contribution in [-0.2, 0) is 28.9 Å². The molecule has 1 heterocycles. The van der Waals surface area contributed by atoms with Crippen molar-refractivity contribution in [2.45, 2.75) is 37.0 Å². The van der Waals surface area contributed by atoms with Gasteiger partial charge in [-0.1, -0.05) is 36.4 Å². The van der Waals surface area contributed by atoms with Crippen molar-refractivity contribution in [2.75, 3.05) is 20.2 Å². The van der Waals surface area contributed by atoms with Gasteiger partial charge in [0, 0.05) is 0 Å². The summed E-state index contributed by atoms with van der Waals surface area (Å²) in [5, 5.41) is 3.27. The first-order valence-electron chi connectivity index (χ1n) is 9.86. The zero-order chi connectivity index (χ0) is 22.7. The van der Waals surface area contributed by atoms with Gasteiger partial charge < -0.3 is 10.1 Å². The van der Waals surface area contributed by atoms with Crippen molar-refractivity contribution in [3.63, 3.8) is 0 Å². The van der Waals surface area contributed by atoms with Crippen LogP contribution in [0.15, 0.2) is 60.4 Å². The number of benzene rings is 2. The summed E-state index contributed by atoms with van der Waals surface area (Å²) in [6.45, 7) is 1.42. The summed E-state index contributed by atoms with van der Waals surface area (Å²) in [7, 11) is 1.47. The molecule has 1 aliphatic rings. The molecule has 1 fully saturated rings. The van der Waals surface area contributed by atoms with E-state index in [2.05, 4.69) is 5.32 Å². The molecule has 0 unspecified atom stereocenters. The number of ether oxygens (including phenoxy) is 1. The lowest BCUT2D eigenvalue weighted by molar-refractivity contribution is -0.143. The molecule has 0 radical (unpaired) electrons. The number of alkyl halides is 6. The Bertz CT molecular complexity index is 918. The molecule has 9 heteroatoms. The molecule has 3 rings (SSSR count). The first kappa shape index (κ1) is 26.1. The number of nitrogens with one attached hydrogen (secondary N) is 1. The fraction of sp³-hybridized carbons (Fsp3) is 0.391. The van der Waals surface area contributed by atoms with Gasteiger partial charge in [-0.05, 0) is 61.7 Å². The maximum Gasteiger partial charge on any atom is 0.416 e. The number of methoxy groups -OCH3 is 1. The molecular formula is C23H24ClF6NO. The quantitative estimate of drug-likeness (QED) is 0.388. The van der Waals surface area contributed by atoms with E-state index in [1.165, 1.54) is 7.11 Å². The van der Waals surface area contributed by atoms with Crippen LogP contribution in [0.3, 0.4) is 0 Å².